The Morgan fingerprint density at radius 3 is 2.63 bits per heavy atom. The third-order valence-electron chi connectivity index (χ3n) is 2.91. The fourth-order valence-corrected chi connectivity index (χ4v) is 2.35. The highest BCUT2D eigenvalue weighted by Gasteiger charge is 2.08. The van der Waals surface area contributed by atoms with Crippen molar-refractivity contribution in [3.05, 3.63) is 48.0 Å². The van der Waals surface area contributed by atoms with Gasteiger partial charge in [0, 0.05) is 30.4 Å². The van der Waals surface area contributed by atoms with E-state index in [1.165, 1.54) is 10.5 Å². The number of rotatable bonds is 7. The molecule has 0 saturated heterocycles. The zero-order chi connectivity index (χ0) is 13.5. The minimum absolute atomic E-state index is 0.156. The molecule has 0 atom stereocenters. The predicted octanol–water partition coefficient (Wildman–Crippen LogP) is 2.13. The number of benzene rings is 1. The van der Waals surface area contributed by atoms with Crippen molar-refractivity contribution in [1.82, 2.24) is 14.9 Å². The van der Waals surface area contributed by atoms with Crippen LogP contribution >= 0.6 is 11.8 Å². The number of aliphatic hydroxyl groups is 1. The summed E-state index contributed by atoms with van der Waals surface area (Å²) in [5, 5.41) is 9.15. The van der Waals surface area contributed by atoms with Crippen molar-refractivity contribution < 1.29 is 5.11 Å². The summed E-state index contributed by atoms with van der Waals surface area (Å²) in [6.45, 7) is 2.34. The van der Waals surface area contributed by atoms with Crippen LogP contribution in [0.2, 0.25) is 0 Å². The molecule has 0 fully saturated rings. The van der Waals surface area contributed by atoms with Gasteiger partial charge in [0.05, 0.1) is 13.2 Å². The van der Waals surface area contributed by atoms with E-state index in [1.54, 1.807) is 18.0 Å². The third kappa shape index (κ3) is 4.38. The van der Waals surface area contributed by atoms with Gasteiger partial charge >= 0.3 is 0 Å². The molecule has 0 amide bonds. The first-order valence-corrected chi connectivity index (χ1v) is 7.48. The van der Waals surface area contributed by atoms with Crippen molar-refractivity contribution in [3.8, 4) is 0 Å². The van der Waals surface area contributed by atoms with Gasteiger partial charge in [-0.3, -0.25) is 4.90 Å². The molecule has 2 rings (SSSR count). The standard InChI is InChI=1S/C14H19N3OS/c1-19-13-4-2-12(3-5-13)10-17(8-9-18)11-14-15-6-7-16-14/h2-7,18H,8-11H2,1H3,(H,15,16). The lowest BCUT2D eigenvalue weighted by Gasteiger charge is -2.20. The quantitative estimate of drug-likeness (QED) is 0.761. The molecule has 0 unspecified atom stereocenters. The fraction of sp³-hybridized carbons (Fsp3) is 0.357. The van der Waals surface area contributed by atoms with Crippen molar-refractivity contribution in [3.63, 3.8) is 0 Å². The molecule has 0 radical (unpaired) electrons. The van der Waals surface area contributed by atoms with Crippen LogP contribution in [0.4, 0.5) is 0 Å². The summed E-state index contributed by atoms with van der Waals surface area (Å²) in [5.74, 6) is 0.925. The maximum atomic E-state index is 9.15. The molecule has 1 heterocycles. The minimum atomic E-state index is 0.156. The van der Waals surface area contributed by atoms with Gasteiger partial charge in [-0.25, -0.2) is 4.98 Å². The van der Waals surface area contributed by atoms with Crippen molar-refractivity contribution in [2.24, 2.45) is 0 Å². The van der Waals surface area contributed by atoms with Crippen molar-refractivity contribution in [2.45, 2.75) is 18.0 Å². The summed E-state index contributed by atoms with van der Waals surface area (Å²) < 4.78 is 0. The number of hydrogen-bond donors (Lipinski definition) is 2. The first kappa shape index (κ1) is 14.1. The average molecular weight is 277 g/mol. The molecule has 19 heavy (non-hydrogen) atoms. The Morgan fingerprint density at radius 2 is 2.05 bits per heavy atom. The number of nitrogens with one attached hydrogen (secondary N) is 1. The molecule has 1 aromatic carbocycles. The summed E-state index contributed by atoms with van der Waals surface area (Å²) in [4.78, 5) is 10.8. The van der Waals surface area contributed by atoms with Gasteiger partial charge in [0.1, 0.15) is 5.82 Å². The molecule has 2 N–H and O–H groups in total. The second-order valence-corrected chi connectivity index (χ2v) is 5.20. The number of aromatic nitrogens is 2. The van der Waals surface area contributed by atoms with Crippen LogP contribution in [-0.4, -0.2) is 39.4 Å². The Kier molecular flexibility index (Phi) is 5.44. The SMILES string of the molecule is CSc1ccc(CN(CCO)Cc2ncc[nH]2)cc1. The second kappa shape index (κ2) is 7.33. The molecular formula is C14H19N3OS. The number of thioether (sulfide) groups is 1. The van der Waals surface area contributed by atoms with Crippen LogP contribution in [0, 0.1) is 0 Å². The largest absolute Gasteiger partial charge is 0.395 e. The molecule has 0 bridgehead atoms. The highest BCUT2D eigenvalue weighted by molar-refractivity contribution is 7.98. The second-order valence-electron chi connectivity index (χ2n) is 4.32. The lowest BCUT2D eigenvalue weighted by molar-refractivity contribution is 0.181. The van der Waals surface area contributed by atoms with Gasteiger partial charge in [0.2, 0.25) is 0 Å². The zero-order valence-corrected chi connectivity index (χ0v) is 11.9. The number of aromatic amines is 1. The lowest BCUT2D eigenvalue weighted by atomic mass is 10.2. The summed E-state index contributed by atoms with van der Waals surface area (Å²) >= 11 is 1.74. The normalized spacial score (nSPS) is 11.1. The molecule has 5 heteroatoms. The molecule has 0 aliphatic heterocycles. The van der Waals surface area contributed by atoms with E-state index >= 15 is 0 Å². The van der Waals surface area contributed by atoms with Gasteiger partial charge in [-0.15, -0.1) is 11.8 Å². The van der Waals surface area contributed by atoms with Crippen LogP contribution in [0.1, 0.15) is 11.4 Å². The van der Waals surface area contributed by atoms with Crippen LogP contribution in [-0.2, 0) is 13.1 Å². The molecule has 0 saturated carbocycles. The topological polar surface area (TPSA) is 52.1 Å². The Labute approximate surface area is 117 Å². The number of nitrogens with zero attached hydrogens (tertiary/aromatic N) is 2. The van der Waals surface area contributed by atoms with Crippen LogP contribution in [0.25, 0.3) is 0 Å². The van der Waals surface area contributed by atoms with Gasteiger partial charge in [0.15, 0.2) is 0 Å². The smallest absolute Gasteiger partial charge is 0.120 e. The fourth-order valence-electron chi connectivity index (χ4n) is 1.94. The Balaban J connectivity index is 1.98. The van der Waals surface area contributed by atoms with Crippen LogP contribution in [0.5, 0.6) is 0 Å². The number of H-pyrrole nitrogens is 1. The van der Waals surface area contributed by atoms with E-state index in [0.29, 0.717) is 6.54 Å². The number of imidazole rings is 1. The molecule has 4 nitrogen and oxygen atoms in total. The first-order chi connectivity index (χ1) is 9.31. The van der Waals surface area contributed by atoms with Crippen molar-refractivity contribution in [1.29, 1.82) is 0 Å². The van der Waals surface area contributed by atoms with E-state index in [0.717, 1.165) is 18.9 Å². The maximum absolute atomic E-state index is 9.15. The molecule has 0 spiro atoms. The predicted molar refractivity (Wildman–Crippen MR) is 78.0 cm³/mol. The molecule has 0 aliphatic carbocycles. The monoisotopic (exact) mass is 277 g/mol. The van der Waals surface area contributed by atoms with E-state index in [1.807, 2.05) is 6.20 Å². The molecule has 102 valence electrons. The van der Waals surface area contributed by atoms with Gasteiger partial charge in [-0.1, -0.05) is 12.1 Å². The van der Waals surface area contributed by atoms with Gasteiger partial charge in [-0.05, 0) is 24.0 Å². The molecule has 2 aromatic rings. The van der Waals surface area contributed by atoms with E-state index in [2.05, 4.69) is 45.4 Å². The van der Waals surface area contributed by atoms with E-state index in [9.17, 15) is 0 Å². The summed E-state index contributed by atoms with van der Waals surface area (Å²) in [6.07, 6.45) is 5.64. The van der Waals surface area contributed by atoms with Crippen molar-refractivity contribution in [2.75, 3.05) is 19.4 Å². The van der Waals surface area contributed by atoms with E-state index in [-0.39, 0.29) is 6.61 Å². The zero-order valence-electron chi connectivity index (χ0n) is 11.0. The van der Waals surface area contributed by atoms with Gasteiger partial charge < -0.3 is 10.1 Å². The molecular weight excluding hydrogens is 258 g/mol. The number of aliphatic hydroxyl groups excluding tert-OH is 1. The first-order valence-electron chi connectivity index (χ1n) is 6.26. The van der Waals surface area contributed by atoms with Crippen molar-refractivity contribution >= 4 is 11.8 Å². The van der Waals surface area contributed by atoms with E-state index in [4.69, 9.17) is 5.11 Å². The Bertz CT molecular complexity index is 470. The van der Waals surface area contributed by atoms with Gasteiger partial charge in [-0.2, -0.15) is 0 Å². The van der Waals surface area contributed by atoms with Crippen LogP contribution in [0.3, 0.4) is 0 Å². The summed E-state index contributed by atoms with van der Waals surface area (Å²) in [7, 11) is 0. The minimum Gasteiger partial charge on any atom is -0.395 e. The highest BCUT2D eigenvalue weighted by atomic mass is 32.2. The molecule has 1 aromatic heterocycles. The highest BCUT2D eigenvalue weighted by Crippen LogP contribution is 2.16. The maximum Gasteiger partial charge on any atom is 0.120 e. The summed E-state index contributed by atoms with van der Waals surface area (Å²) in [5.41, 5.74) is 1.25. The van der Waals surface area contributed by atoms with Crippen LogP contribution < -0.4 is 0 Å². The molecule has 0 aliphatic rings. The van der Waals surface area contributed by atoms with Gasteiger partial charge in [0.25, 0.3) is 0 Å². The van der Waals surface area contributed by atoms with Crippen LogP contribution in [0.15, 0.2) is 41.6 Å². The van der Waals surface area contributed by atoms with E-state index < -0.39 is 0 Å². The Morgan fingerprint density at radius 1 is 1.26 bits per heavy atom. The average Bonchev–Trinajstić information content (AvgIpc) is 2.93. The third-order valence-corrected chi connectivity index (χ3v) is 3.65. The lowest BCUT2D eigenvalue weighted by Crippen LogP contribution is -2.26. The Hall–Kier alpha value is -1.30. The summed E-state index contributed by atoms with van der Waals surface area (Å²) in [6, 6.07) is 8.53. The number of hydrogen-bond acceptors (Lipinski definition) is 4.